The second kappa shape index (κ2) is 8.25. The fourth-order valence-corrected chi connectivity index (χ4v) is 3.87. The summed E-state index contributed by atoms with van der Waals surface area (Å²) in [7, 11) is 1.83. The minimum absolute atomic E-state index is 0.0875. The SMILES string of the molecule is Cc1nn(C)c(C)c1C(=O)N(CCN1CCNC1=O)Cc1ccc2c(c1)OCCO2. The Balaban J connectivity index is 1.57. The van der Waals surface area contributed by atoms with Crippen LogP contribution in [0.3, 0.4) is 0 Å². The number of ether oxygens (including phenoxy) is 2. The van der Waals surface area contributed by atoms with Crippen LogP contribution in [0.25, 0.3) is 0 Å². The molecule has 0 bridgehead atoms. The molecular formula is C21H27N5O4. The molecule has 2 aromatic rings. The van der Waals surface area contributed by atoms with Crippen molar-refractivity contribution in [1.82, 2.24) is 24.9 Å². The van der Waals surface area contributed by atoms with E-state index in [-0.39, 0.29) is 11.9 Å². The predicted octanol–water partition coefficient (Wildman–Crippen LogP) is 1.48. The van der Waals surface area contributed by atoms with Gasteiger partial charge in [0.05, 0.1) is 11.3 Å². The van der Waals surface area contributed by atoms with E-state index in [2.05, 4.69) is 10.4 Å². The molecule has 2 aliphatic heterocycles. The molecule has 9 nitrogen and oxygen atoms in total. The first-order valence-electron chi connectivity index (χ1n) is 10.1. The average Bonchev–Trinajstić information content (AvgIpc) is 3.26. The number of fused-ring (bicyclic) bond motifs is 1. The van der Waals surface area contributed by atoms with Crippen molar-refractivity contribution >= 4 is 11.9 Å². The van der Waals surface area contributed by atoms with Crippen molar-refractivity contribution < 1.29 is 19.1 Å². The van der Waals surface area contributed by atoms with E-state index in [1.54, 1.807) is 14.5 Å². The van der Waals surface area contributed by atoms with E-state index in [0.717, 1.165) is 17.0 Å². The van der Waals surface area contributed by atoms with E-state index < -0.39 is 0 Å². The molecule has 4 rings (SSSR count). The molecule has 0 spiro atoms. The normalized spacial score (nSPS) is 15.3. The quantitative estimate of drug-likeness (QED) is 0.775. The molecule has 0 saturated carbocycles. The van der Waals surface area contributed by atoms with Gasteiger partial charge < -0.3 is 24.6 Å². The zero-order valence-corrected chi connectivity index (χ0v) is 17.6. The van der Waals surface area contributed by atoms with Crippen LogP contribution in [0.15, 0.2) is 18.2 Å². The number of urea groups is 1. The number of aryl methyl sites for hydroxylation is 2. The van der Waals surface area contributed by atoms with Gasteiger partial charge in [-0.25, -0.2) is 4.79 Å². The van der Waals surface area contributed by atoms with Crippen LogP contribution in [0.1, 0.15) is 27.3 Å². The Morgan fingerprint density at radius 2 is 2.00 bits per heavy atom. The van der Waals surface area contributed by atoms with E-state index in [9.17, 15) is 9.59 Å². The number of carbonyl (C=O) groups is 2. The number of benzene rings is 1. The molecule has 1 aromatic heterocycles. The highest BCUT2D eigenvalue weighted by Crippen LogP contribution is 2.31. The summed E-state index contributed by atoms with van der Waals surface area (Å²) in [6.07, 6.45) is 0. The third kappa shape index (κ3) is 3.92. The lowest BCUT2D eigenvalue weighted by Gasteiger charge is -2.26. The summed E-state index contributed by atoms with van der Waals surface area (Å²) >= 11 is 0. The van der Waals surface area contributed by atoms with Crippen molar-refractivity contribution in [1.29, 1.82) is 0 Å². The second-order valence-electron chi connectivity index (χ2n) is 7.59. The maximum atomic E-state index is 13.5. The predicted molar refractivity (Wildman–Crippen MR) is 110 cm³/mol. The molecule has 30 heavy (non-hydrogen) atoms. The summed E-state index contributed by atoms with van der Waals surface area (Å²) in [5.74, 6) is 1.32. The number of hydrogen-bond donors (Lipinski definition) is 1. The van der Waals surface area contributed by atoms with Crippen LogP contribution in [0, 0.1) is 13.8 Å². The Kier molecular flexibility index (Phi) is 5.52. The Labute approximate surface area is 175 Å². The number of nitrogens with one attached hydrogen (secondary N) is 1. The van der Waals surface area contributed by atoms with Crippen molar-refractivity contribution in [2.24, 2.45) is 7.05 Å². The smallest absolute Gasteiger partial charge is 0.317 e. The summed E-state index contributed by atoms with van der Waals surface area (Å²) in [5.41, 5.74) is 3.08. The number of nitrogens with zero attached hydrogens (tertiary/aromatic N) is 4. The summed E-state index contributed by atoms with van der Waals surface area (Å²) in [5, 5.41) is 7.19. The number of amides is 3. The number of hydrogen-bond acceptors (Lipinski definition) is 5. The Morgan fingerprint density at radius 3 is 2.67 bits per heavy atom. The molecule has 1 aromatic carbocycles. The lowest BCUT2D eigenvalue weighted by molar-refractivity contribution is 0.0729. The van der Waals surface area contributed by atoms with Gasteiger partial charge in [-0.3, -0.25) is 9.48 Å². The van der Waals surface area contributed by atoms with Crippen LogP contribution in [-0.2, 0) is 13.6 Å². The Bertz CT molecular complexity index is 971. The minimum atomic E-state index is -0.0902. The molecule has 0 radical (unpaired) electrons. The van der Waals surface area contributed by atoms with Gasteiger partial charge in [0.1, 0.15) is 13.2 Å². The lowest BCUT2D eigenvalue weighted by atomic mass is 10.1. The zero-order valence-electron chi connectivity index (χ0n) is 17.6. The summed E-state index contributed by atoms with van der Waals surface area (Å²) in [6, 6.07) is 5.65. The average molecular weight is 413 g/mol. The van der Waals surface area contributed by atoms with Gasteiger partial charge >= 0.3 is 6.03 Å². The number of aromatic nitrogens is 2. The van der Waals surface area contributed by atoms with Gasteiger partial charge in [0, 0.05) is 45.5 Å². The molecule has 3 amide bonds. The van der Waals surface area contributed by atoms with Gasteiger partial charge in [-0.2, -0.15) is 5.10 Å². The topological polar surface area (TPSA) is 88.9 Å². The highest BCUT2D eigenvalue weighted by Gasteiger charge is 2.26. The number of rotatable bonds is 6. The van der Waals surface area contributed by atoms with Crippen LogP contribution < -0.4 is 14.8 Å². The van der Waals surface area contributed by atoms with Gasteiger partial charge in [0.25, 0.3) is 5.91 Å². The summed E-state index contributed by atoms with van der Waals surface area (Å²) < 4.78 is 13.0. The van der Waals surface area contributed by atoms with Crippen molar-refractivity contribution in [2.45, 2.75) is 20.4 Å². The van der Waals surface area contributed by atoms with Gasteiger partial charge in [-0.15, -0.1) is 0 Å². The molecular weight excluding hydrogens is 386 g/mol. The Hall–Kier alpha value is -3.23. The van der Waals surface area contributed by atoms with Crippen LogP contribution in [-0.4, -0.2) is 70.9 Å². The largest absolute Gasteiger partial charge is 0.486 e. The van der Waals surface area contributed by atoms with Crippen LogP contribution in [0.5, 0.6) is 11.5 Å². The molecule has 3 heterocycles. The first kappa shape index (κ1) is 20.1. The monoisotopic (exact) mass is 413 g/mol. The Morgan fingerprint density at radius 1 is 1.23 bits per heavy atom. The highest BCUT2D eigenvalue weighted by atomic mass is 16.6. The zero-order chi connectivity index (χ0) is 21.3. The molecule has 1 saturated heterocycles. The van der Waals surface area contributed by atoms with Crippen LogP contribution >= 0.6 is 0 Å². The van der Waals surface area contributed by atoms with E-state index in [4.69, 9.17) is 9.47 Å². The van der Waals surface area contributed by atoms with E-state index >= 15 is 0 Å². The third-order valence-corrected chi connectivity index (χ3v) is 5.58. The molecule has 2 aliphatic rings. The second-order valence-corrected chi connectivity index (χ2v) is 7.59. The van der Waals surface area contributed by atoms with Gasteiger partial charge in [-0.1, -0.05) is 6.07 Å². The summed E-state index contributed by atoms with van der Waals surface area (Å²) in [4.78, 5) is 28.9. The van der Waals surface area contributed by atoms with Gasteiger partial charge in [-0.05, 0) is 31.5 Å². The molecule has 9 heteroatoms. The fourth-order valence-electron chi connectivity index (χ4n) is 3.87. The standard InChI is InChI=1S/C21H27N5O4/c1-14-19(15(2)24(3)23-14)20(27)26(9-8-25-7-6-22-21(25)28)13-16-4-5-17-18(12-16)30-11-10-29-17/h4-5,12H,6-11,13H2,1-3H3,(H,22,28). The van der Waals surface area contributed by atoms with Gasteiger partial charge in [0.2, 0.25) is 0 Å². The lowest BCUT2D eigenvalue weighted by Crippen LogP contribution is -2.40. The maximum absolute atomic E-state index is 13.5. The fraction of sp³-hybridized carbons (Fsp3) is 0.476. The first-order chi connectivity index (χ1) is 14.4. The van der Waals surface area contributed by atoms with Crippen molar-refractivity contribution in [3.05, 3.63) is 40.7 Å². The highest BCUT2D eigenvalue weighted by molar-refractivity contribution is 5.96. The van der Waals surface area contributed by atoms with Crippen LogP contribution in [0.4, 0.5) is 4.79 Å². The van der Waals surface area contributed by atoms with Gasteiger partial charge in [0.15, 0.2) is 11.5 Å². The molecule has 0 atom stereocenters. The molecule has 160 valence electrons. The first-order valence-corrected chi connectivity index (χ1v) is 10.1. The third-order valence-electron chi connectivity index (χ3n) is 5.58. The molecule has 1 fully saturated rings. The van der Waals surface area contributed by atoms with Crippen molar-refractivity contribution in [2.75, 3.05) is 39.4 Å². The number of carbonyl (C=O) groups excluding carboxylic acids is 2. The van der Waals surface area contributed by atoms with Crippen molar-refractivity contribution in [3.8, 4) is 11.5 Å². The maximum Gasteiger partial charge on any atom is 0.317 e. The van der Waals surface area contributed by atoms with E-state index in [0.29, 0.717) is 62.9 Å². The molecule has 1 N–H and O–H groups in total. The van der Waals surface area contributed by atoms with E-state index in [1.807, 2.05) is 39.1 Å². The van der Waals surface area contributed by atoms with Crippen LogP contribution in [0.2, 0.25) is 0 Å². The van der Waals surface area contributed by atoms with E-state index in [1.165, 1.54) is 0 Å². The minimum Gasteiger partial charge on any atom is -0.486 e. The molecule has 0 unspecified atom stereocenters. The van der Waals surface area contributed by atoms with Crippen molar-refractivity contribution in [3.63, 3.8) is 0 Å². The molecule has 0 aliphatic carbocycles. The summed E-state index contributed by atoms with van der Waals surface area (Å²) in [6.45, 7) is 7.37.